The quantitative estimate of drug-likeness (QED) is 0.588. The molecule has 1 aliphatic rings. The number of likely N-dealkylation sites (tertiary alicyclic amines) is 1. The number of rotatable bonds is 4. The normalized spacial score (nSPS) is 21.2. The summed E-state index contributed by atoms with van der Waals surface area (Å²) < 4.78 is 10.9. The molecule has 4 nitrogen and oxygen atoms in total. The lowest BCUT2D eigenvalue weighted by molar-refractivity contribution is -0.138. The van der Waals surface area contributed by atoms with Gasteiger partial charge in [-0.3, -0.25) is 4.79 Å². The number of carbonyl (C=O) groups excluding carboxylic acids is 1. The van der Waals surface area contributed by atoms with Gasteiger partial charge in [-0.05, 0) is 13.8 Å². The first-order valence-corrected chi connectivity index (χ1v) is 6.49. The van der Waals surface area contributed by atoms with Crippen LogP contribution in [-0.4, -0.2) is 33.2 Å². The summed E-state index contributed by atoms with van der Waals surface area (Å²) in [5.74, 6) is 0.0733. The van der Waals surface area contributed by atoms with Gasteiger partial charge in [0.05, 0.1) is 0 Å². The Labute approximate surface area is 100 Å². The van der Waals surface area contributed by atoms with Crippen molar-refractivity contribution < 1.29 is 9.35 Å². The van der Waals surface area contributed by atoms with Gasteiger partial charge in [0.2, 0.25) is 5.91 Å². The second kappa shape index (κ2) is 4.39. The Morgan fingerprint density at radius 3 is 2.50 bits per heavy atom. The molecule has 1 rings (SSSR count). The predicted octanol–water partition coefficient (Wildman–Crippen LogP) is 0.812. The van der Waals surface area contributed by atoms with Crippen molar-refractivity contribution in [2.24, 2.45) is 10.6 Å². The molecule has 1 saturated heterocycles. The summed E-state index contributed by atoms with van der Waals surface area (Å²) in [6.45, 7) is 10.4. The van der Waals surface area contributed by atoms with Gasteiger partial charge in [0.25, 0.3) is 0 Å². The highest BCUT2D eigenvalue weighted by Gasteiger charge is 2.48. The van der Waals surface area contributed by atoms with Crippen LogP contribution in [0.25, 0.3) is 0 Å². The summed E-state index contributed by atoms with van der Waals surface area (Å²) in [6.07, 6.45) is 2.55. The average Bonchev–Trinajstić information content (AvgIpc) is 2.09. The number of hydrogen-bond acceptors (Lipinski definition) is 3. The van der Waals surface area contributed by atoms with Crippen LogP contribution in [0.1, 0.15) is 27.2 Å². The van der Waals surface area contributed by atoms with E-state index in [0.717, 1.165) is 0 Å². The van der Waals surface area contributed by atoms with Crippen molar-refractivity contribution in [3.8, 4) is 0 Å². The monoisotopic (exact) mass is 244 g/mol. The van der Waals surface area contributed by atoms with Crippen molar-refractivity contribution in [1.29, 1.82) is 0 Å². The molecule has 1 fully saturated rings. The van der Waals surface area contributed by atoms with E-state index in [1.54, 1.807) is 11.8 Å². The third kappa shape index (κ3) is 2.59. The Bertz CT molecular complexity index is 296. The van der Waals surface area contributed by atoms with Crippen molar-refractivity contribution in [1.82, 2.24) is 4.90 Å². The molecule has 0 aromatic rings. The third-order valence-corrected chi connectivity index (χ3v) is 4.45. The van der Waals surface area contributed by atoms with E-state index >= 15 is 0 Å². The Hall–Kier alpha value is -0.520. The molecule has 1 unspecified atom stereocenters. The van der Waals surface area contributed by atoms with E-state index in [-0.39, 0.29) is 11.3 Å². The fourth-order valence-electron chi connectivity index (χ4n) is 2.17. The molecule has 16 heavy (non-hydrogen) atoms. The highest BCUT2D eigenvalue weighted by Crippen LogP contribution is 2.41. The topological polar surface area (TPSA) is 69.4 Å². The van der Waals surface area contributed by atoms with Crippen LogP contribution in [0.5, 0.6) is 0 Å². The van der Waals surface area contributed by atoms with Gasteiger partial charge in [-0.1, -0.05) is 6.08 Å². The van der Waals surface area contributed by atoms with Crippen molar-refractivity contribution in [2.45, 2.75) is 31.9 Å². The van der Waals surface area contributed by atoms with Crippen LogP contribution in [0.15, 0.2) is 12.7 Å². The molecular formula is C11H20N2O2S. The van der Waals surface area contributed by atoms with Crippen LogP contribution in [0.4, 0.5) is 0 Å². The molecule has 0 aromatic carbocycles. The van der Waals surface area contributed by atoms with Crippen molar-refractivity contribution >= 4 is 17.3 Å². The fraction of sp³-hybridized carbons (Fsp3) is 0.727. The predicted molar refractivity (Wildman–Crippen MR) is 65.9 cm³/mol. The molecular weight excluding hydrogens is 224 g/mol. The first-order valence-electron chi connectivity index (χ1n) is 5.28. The average molecular weight is 244 g/mol. The summed E-state index contributed by atoms with van der Waals surface area (Å²) in [7, 11) is 0. The first-order chi connectivity index (χ1) is 7.22. The van der Waals surface area contributed by atoms with Crippen molar-refractivity contribution in [3.63, 3.8) is 0 Å². The minimum atomic E-state index is -1.36. The fourth-order valence-corrected chi connectivity index (χ4v) is 2.60. The molecule has 1 amide bonds. The highest BCUT2D eigenvalue weighted by atomic mass is 32.2. The van der Waals surface area contributed by atoms with Gasteiger partial charge in [0.1, 0.15) is 4.75 Å². The van der Waals surface area contributed by atoms with E-state index in [9.17, 15) is 9.35 Å². The van der Waals surface area contributed by atoms with Crippen molar-refractivity contribution in [2.75, 3.05) is 13.1 Å². The molecule has 5 heteroatoms. The molecule has 0 aromatic heterocycles. The second-order valence-corrected chi connectivity index (χ2v) is 6.88. The van der Waals surface area contributed by atoms with Crippen LogP contribution in [0.2, 0.25) is 0 Å². The molecule has 1 heterocycles. The van der Waals surface area contributed by atoms with E-state index in [0.29, 0.717) is 19.5 Å². The molecule has 0 spiro atoms. The molecule has 1 aliphatic heterocycles. The zero-order valence-electron chi connectivity index (χ0n) is 10.2. The van der Waals surface area contributed by atoms with Gasteiger partial charge in [0, 0.05) is 43.2 Å². The van der Waals surface area contributed by atoms with Gasteiger partial charge >= 0.3 is 0 Å². The second-order valence-electron chi connectivity index (χ2n) is 5.18. The van der Waals surface area contributed by atoms with Crippen LogP contribution < -0.4 is 5.14 Å². The lowest BCUT2D eigenvalue weighted by Crippen LogP contribution is -2.60. The lowest BCUT2D eigenvalue weighted by Gasteiger charge is -2.50. The number of hydrogen-bond donors (Lipinski definition) is 1. The van der Waals surface area contributed by atoms with Crippen molar-refractivity contribution in [3.05, 3.63) is 12.7 Å². The molecule has 1 atom stereocenters. The standard InChI is InChI=1S/C11H20N2O2S/c1-5-11(6-10(3,4)16(12)15)7-13(8-11)9(2)14/h5H,1,6-8,12H2,2-4H3. The van der Waals surface area contributed by atoms with E-state index < -0.39 is 16.1 Å². The third-order valence-electron chi connectivity index (χ3n) is 3.21. The summed E-state index contributed by atoms with van der Waals surface area (Å²) in [5, 5.41) is 5.46. The molecule has 0 bridgehead atoms. The van der Waals surface area contributed by atoms with Crippen LogP contribution >= 0.6 is 0 Å². The van der Waals surface area contributed by atoms with Gasteiger partial charge < -0.3 is 9.45 Å². The maximum Gasteiger partial charge on any atom is 0.219 e. The minimum Gasteiger partial charge on any atom is -0.598 e. The Kier molecular flexibility index (Phi) is 3.72. The molecule has 0 radical (unpaired) electrons. The van der Waals surface area contributed by atoms with E-state index in [4.69, 9.17) is 5.14 Å². The molecule has 92 valence electrons. The maximum absolute atomic E-state index is 11.4. The van der Waals surface area contributed by atoms with Gasteiger partial charge in [-0.25, -0.2) is 0 Å². The zero-order chi connectivity index (χ0) is 12.6. The number of carbonyl (C=O) groups is 1. The van der Waals surface area contributed by atoms with Crippen LogP contribution in [-0.2, 0) is 16.2 Å². The smallest absolute Gasteiger partial charge is 0.219 e. The molecule has 0 aliphatic carbocycles. The number of nitrogens with zero attached hydrogens (tertiary/aromatic N) is 1. The van der Waals surface area contributed by atoms with Gasteiger partial charge in [-0.2, -0.15) is 5.14 Å². The van der Waals surface area contributed by atoms with E-state index in [1.165, 1.54) is 0 Å². The minimum absolute atomic E-state index is 0.0733. The van der Waals surface area contributed by atoms with Crippen LogP contribution in [0, 0.1) is 5.41 Å². The van der Waals surface area contributed by atoms with E-state index in [1.807, 2.05) is 19.9 Å². The summed E-state index contributed by atoms with van der Waals surface area (Å²) in [6, 6.07) is 0. The zero-order valence-corrected chi connectivity index (χ0v) is 11.0. The van der Waals surface area contributed by atoms with Crippen LogP contribution in [0.3, 0.4) is 0 Å². The number of amides is 1. The Morgan fingerprint density at radius 2 is 2.19 bits per heavy atom. The summed E-state index contributed by atoms with van der Waals surface area (Å²) >= 11 is -1.36. The SMILES string of the molecule is C=CC1(CC(C)(C)[S+](N)[O-])CN(C(C)=O)C1. The van der Waals surface area contributed by atoms with Gasteiger partial charge in [-0.15, -0.1) is 6.58 Å². The Balaban J connectivity index is 2.65. The summed E-state index contributed by atoms with van der Waals surface area (Å²) in [5.41, 5.74) is -0.121. The van der Waals surface area contributed by atoms with Gasteiger partial charge in [0.15, 0.2) is 0 Å². The Morgan fingerprint density at radius 1 is 1.69 bits per heavy atom. The number of nitrogens with two attached hydrogens (primary N) is 1. The van der Waals surface area contributed by atoms with E-state index in [2.05, 4.69) is 6.58 Å². The highest BCUT2D eigenvalue weighted by molar-refractivity contribution is 7.90. The summed E-state index contributed by atoms with van der Waals surface area (Å²) in [4.78, 5) is 12.9. The molecule has 0 saturated carbocycles. The maximum atomic E-state index is 11.4. The first kappa shape index (κ1) is 13.5. The molecule has 2 N–H and O–H groups in total. The lowest BCUT2D eigenvalue weighted by atomic mass is 9.73. The largest absolute Gasteiger partial charge is 0.598 e.